The van der Waals surface area contributed by atoms with Crippen LogP contribution in [-0.4, -0.2) is 17.4 Å². The highest BCUT2D eigenvalue weighted by Crippen LogP contribution is 2.24. The van der Waals surface area contributed by atoms with E-state index in [1.54, 1.807) is 12.1 Å². The highest BCUT2D eigenvalue weighted by atomic mass is 19.1. The summed E-state index contributed by atoms with van der Waals surface area (Å²) in [6.45, 7) is 3.57. The van der Waals surface area contributed by atoms with Gasteiger partial charge in [-0.2, -0.15) is 0 Å². The largest absolute Gasteiger partial charge is 0.338 e. The van der Waals surface area contributed by atoms with Crippen LogP contribution in [0.4, 0.5) is 4.39 Å². The molecule has 0 saturated carbocycles. The lowest BCUT2D eigenvalue weighted by Gasteiger charge is -2.18. The van der Waals surface area contributed by atoms with Gasteiger partial charge in [-0.25, -0.2) is 4.39 Å². The first-order valence-corrected chi connectivity index (χ1v) is 7.71. The fourth-order valence-corrected chi connectivity index (χ4v) is 3.05. The van der Waals surface area contributed by atoms with Crippen LogP contribution < -0.4 is 0 Å². The molecule has 0 bridgehead atoms. The van der Waals surface area contributed by atoms with Crippen LogP contribution in [0.1, 0.15) is 23.1 Å². The van der Waals surface area contributed by atoms with Crippen molar-refractivity contribution in [2.24, 2.45) is 5.92 Å². The molecule has 3 rings (SSSR count). The van der Waals surface area contributed by atoms with Crippen molar-refractivity contribution in [2.75, 3.05) is 6.54 Å². The van der Waals surface area contributed by atoms with E-state index in [0.29, 0.717) is 13.0 Å². The predicted molar refractivity (Wildman–Crippen MR) is 84.8 cm³/mol. The topological polar surface area (TPSA) is 20.3 Å². The van der Waals surface area contributed by atoms with Crippen molar-refractivity contribution in [2.45, 2.75) is 26.3 Å². The average molecular weight is 297 g/mol. The second-order valence-corrected chi connectivity index (χ2v) is 6.00. The van der Waals surface area contributed by atoms with Gasteiger partial charge in [0.1, 0.15) is 5.82 Å². The van der Waals surface area contributed by atoms with E-state index in [-0.39, 0.29) is 17.6 Å². The number of amides is 1. The van der Waals surface area contributed by atoms with Crippen LogP contribution in [0.2, 0.25) is 0 Å². The van der Waals surface area contributed by atoms with E-state index < -0.39 is 0 Å². The summed E-state index contributed by atoms with van der Waals surface area (Å²) < 4.78 is 12.9. The van der Waals surface area contributed by atoms with Crippen LogP contribution in [0.15, 0.2) is 48.5 Å². The molecule has 1 heterocycles. The summed E-state index contributed by atoms with van der Waals surface area (Å²) >= 11 is 0. The van der Waals surface area contributed by atoms with Gasteiger partial charge in [-0.05, 0) is 48.6 Å². The number of carbonyl (C=O) groups is 1. The number of rotatable bonds is 4. The number of carbonyl (C=O) groups excluding carboxylic acids is 1. The molecule has 0 unspecified atom stereocenters. The third-order valence-electron chi connectivity index (χ3n) is 4.43. The van der Waals surface area contributed by atoms with Crippen molar-refractivity contribution in [3.8, 4) is 0 Å². The smallest absolute Gasteiger partial charge is 0.226 e. The van der Waals surface area contributed by atoms with Crippen LogP contribution in [0.25, 0.3) is 0 Å². The standard InChI is InChI=1S/C19H20FNO/c1-14-4-2-3-5-17(14)13-21-11-10-16(19(21)22)12-15-6-8-18(20)9-7-15/h2-9,16H,10-13H2,1H3/t16-/m0/s1. The number of hydrogen-bond donors (Lipinski definition) is 0. The van der Waals surface area contributed by atoms with E-state index in [1.807, 2.05) is 17.0 Å². The maximum absolute atomic E-state index is 12.9. The molecule has 1 amide bonds. The van der Waals surface area contributed by atoms with Gasteiger partial charge in [0.2, 0.25) is 5.91 Å². The maximum atomic E-state index is 12.9. The van der Waals surface area contributed by atoms with Crippen LogP contribution in [0.5, 0.6) is 0 Å². The van der Waals surface area contributed by atoms with Gasteiger partial charge in [0.05, 0.1) is 0 Å². The molecular formula is C19H20FNO. The molecule has 1 aliphatic heterocycles. The molecule has 1 fully saturated rings. The van der Waals surface area contributed by atoms with Crippen LogP contribution in [-0.2, 0) is 17.8 Å². The Balaban J connectivity index is 1.65. The first kappa shape index (κ1) is 14.8. The minimum absolute atomic E-state index is 0.0227. The Morgan fingerprint density at radius 3 is 2.59 bits per heavy atom. The third kappa shape index (κ3) is 3.19. The van der Waals surface area contributed by atoms with Gasteiger partial charge in [-0.15, -0.1) is 0 Å². The Morgan fingerprint density at radius 1 is 1.14 bits per heavy atom. The second kappa shape index (κ2) is 6.30. The van der Waals surface area contributed by atoms with Gasteiger partial charge in [0.25, 0.3) is 0 Å². The van der Waals surface area contributed by atoms with E-state index in [9.17, 15) is 9.18 Å². The Bertz CT molecular complexity index is 665. The summed E-state index contributed by atoms with van der Waals surface area (Å²) in [7, 11) is 0. The molecule has 1 saturated heterocycles. The van der Waals surface area contributed by atoms with Crippen molar-refractivity contribution < 1.29 is 9.18 Å². The Morgan fingerprint density at radius 2 is 1.86 bits per heavy atom. The van der Waals surface area contributed by atoms with E-state index in [1.165, 1.54) is 23.3 Å². The normalized spacial score (nSPS) is 18.0. The van der Waals surface area contributed by atoms with Crippen LogP contribution >= 0.6 is 0 Å². The molecule has 114 valence electrons. The second-order valence-electron chi connectivity index (χ2n) is 6.00. The monoisotopic (exact) mass is 297 g/mol. The lowest BCUT2D eigenvalue weighted by atomic mass is 9.98. The highest BCUT2D eigenvalue weighted by Gasteiger charge is 2.31. The first-order chi connectivity index (χ1) is 10.6. The zero-order valence-corrected chi connectivity index (χ0v) is 12.8. The predicted octanol–water partition coefficient (Wildman–Crippen LogP) is 3.73. The molecule has 0 aliphatic carbocycles. The lowest BCUT2D eigenvalue weighted by molar-refractivity contribution is -0.131. The minimum atomic E-state index is -0.234. The molecule has 1 aliphatic rings. The molecule has 0 radical (unpaired) electrons. The van der Waals surface area contributed by atoms with Crippen molar-refractivity contribution in [1.82, 2.24) is 4.90 Å². The van der Waals surface area contributed by atoms with E-state index in [4.69, 9.17) is 0 Å². The molecule has 0 aromatic heterocycles. The molecule has 0 N–H and O–H groups in total. The van der Waals surface area contributed by atoms with Crippen molar-refractivity contribution in [3.05, 3.63) is 71.0 Å². The Kier molecular flexibility index (Phi) is 4.23. The van der Waals surface area contributed by atoms with Gasteiger partial charge in [0.15, 0.2) is 0 Å². The molecule has 0 spiro atoms. The molecule has 2 aromatic carbocycles. The van der Waals surface area contributed by atoms with Crippen LogP contribution in [0.3, 0.4) is 0 Å². The van der Waals surface area contributed by atoms with Crippen molar-refractivity contribution in [1.29, 1.82) is 0 Å². The van der Waals surface area contributed by atoms with Gasteiger partial charge in [-0.3, -0.25) is 4.79 Å². The molecule has 2 aromatic rings. The number of hydrogen-bond acceptors (Lipinski definition) is 1. The molecule has 2 nitrogen and oxygen atoms in total. The molecule has 22 heavy (non-hydrogen) atoms. The van der Waals surface area contributed by atoms with Crippen molar-refractivity contribution in [3.63, 3.8) is 0 Å². The van der Waals surface area contributed by atoms with E-state index >= 15 is 0 Å². The van der Waals surface area contributed by atoms with Gasteiger partial charge >= 0.3 is 0 Å². The zero-order chi connectivity index (χ0) is 15.5. The fraction of sp³-hybridized carbons (Fsp3) is 0.316. The molecular weight excluding hydrogens is 277 g/mol. The number of likely N-dealkylation sites (tertiary alicyclic amines) is 1. The summed E-state index contributed by atoms with van der Waals surface area (Å²) in [4.78, 5) is 14.5. The number of halogens is 1. The van der Waals surface area contributed by atoms with Crippen LogP contribution in [0, 0.1) is 18.7 Å². The van der Waals surface area contributed by atoms with Gasteiger partial charge < -0.3 is 4.90 Å². The SMILES string of the molecule is Cc1ccccc1CN1CC[C@@H](Cc2ccc(F)cc2)C1=O. The molecule has 3 heteroatoms. The number of benzene rings is 2. The quantitative estimate of drug-likeness (QED) is 0.842. The average Bonchev–Trinajstić information content (AvgIpc) is 2.85. The maximum Gasteiger partial charge on any atom is 0.226 e. The summed E-state index contributed by atoms with van der Waals surface area (Å²) in [5.74, 6) is 0.00438. The fourth-order valence-electron chi connectivity index (χ4n) is 3.05. The summed E-state index contributed by atoms with van der Waals surface area (Å²) in [6.07, 6.45) is 1.57. The zero-order valence-electron chi connectivity index (χ0n) is 12.8. The minimum Gasteiger partial charge on any atom is -0.338 e. The molecule has 1 atom stereocenters. The van der Waals surface area contributed by atoms with Gasteiger partial charge in [0, 0.05) is 19.0 Å². The van der Waals surface area contributed by atoms with E-state index in [2.05, 4.69) is 19.1 Å². The Hall–Kier alpha value is -2.16. The highest BCUT2D eigenvalue weighted by molar-refractivity contribution is 5.81. The Labute approximate surface area is 130 Å². The number of aryl methyl sites for hydroxylation is 1. The summed E-state index contributed by atoms with van der Waals surface area (Å²) in [5.41, 5.74) is 3.45. The summed E-state index contributed by atoms with van der Waals surface area (Å²) in [6, 6.07) is 14.6. The lowest BCUT2D eigenvalue weighted by Crippen LogP contribution is -2.27. The van der Waals surface area contributed by atoms with Crippen molar-refractivity contribution >= 4 is 5.91 Å². The van der Waals surface area contributed by atoms with E-state index in [0.717, 1.165) is 18.5 Å². The third-order valence-corrected chi connectivity index (χ3v) is 4.43. The number of nitrogens with zero attached hydrogens (tertiary/aromatic N) is 1. The first-order valence-electron chi connectivity index (χ1n) is 7.71. The van der Waals surface area contributed by atoms with Gasteiger partial charge in [-0.1, -0.05) is 36.4 Å². The summed E-state index contributed by atoms with van der Waals surface area (Å²) in [5, 5.41) is 0.